The second-order valence-electron chi connectivity index (χ2n) is 9.33. The summed E-state index contributed by atoms with van der Waals surface area (Å²) in [4.78, 5) is 30.3. The zero-order valence-corrected chi connectivity index (χ0v) is 19.3. The van der Waals surface area contributed by atoms with Crippen molar-refractivity contribution in [3.8, 4) is 0 Å². The minimum Gasteiger partial charge on any atom is -0.441 e. The van der Waals surface area contributed by atoms with Gasteiger partial charge in [0.1, 0.15) is 5.60 Å². The van der Waals surface area contributed by atoms with Gasteiger partial charge in [0.2, 0.25) is 5.91 Å². The molecule has 0 unspecified atom stereocenters. The Morgan fingerprint density at radius 1 is 0.824 bits per heavy atom. The van der Waals surface area contributed by atoms with E-state index in [2.05, 4.69) is 0 Å². The molecule has 2 aliphatic heterocycles. The van der Waals surface area contributed by atoms with E-state index >= 15 is 0 Å². The van der Waals surface area contributed by atoms with Crippen molar-refractivity contribution in [2.24, 2.45) is 0 Å². The van der Waals surface area contributed by atoms with Crippen LogP contribution in [0.5, 0.6) is 0 Å². The van der Waals surface area contributed by atoms with E-state index in [0.717, 1.165) is 29.5 Å². The Hall–Kier alpha value is -3.60. The van der Waals surface area contributed by atoms with Gasteiger partial charge < -0.3 is 9.64 Å². The summed E-state index contributed by atoms with van der Waals surface area (Å²) in [5.74, 6) is -0.225. The molecule has 3 aromatic rings. The second-order valence-corrected chi connectivity index (χ2v) is 9.33. The number of rotatable bonds is 5. The van der Waals surface area contributed by atoms with Gasteiger partial charge >= 0.3 is 6.09 Å². The van der Waals surface area contributed by atoms with E-state index in [9.17, 15) is 9.59 Å². The maximum absolute atomic E-state index is 13.8. The maximum atomic E-state index is 13.8. The average molecular weight is 455 g/mol. The molecule has 0 aliphatic carbocycles. The van der Waals surface area contributed by atoms with Crippen LogP contribution in [0.1, 0.15) is 41.9 Å². The predicted molar refractivity (Wildman–Crippen MR) is 131 cm³/mol. The molecule has 2 heterocycles. The fraction of sp³-hybridized carbons (Fsp3) is 0.310. The van der Waals surface area contributed by atoms with Crippen LogP contribution in [0.15, 0.2) is 91.0 Å². The van der Waals surface area contributed by atoms with Gasteiger partial charge in [-0.3, -0.25) is 9.69 Å². The smallest absolute Gasteiger partial charge is 0.410 e. The third-order valence-corrected chi connectivity index (χ3v) is 6.98. The Balaban J connectivity index is 1.31. The molecule has 0 aromatic heterocycles. The van der Waals surface area contributed by atoms with Crippen LogP contribution >= 0.6 is 0 Å². The predicted octanol–water partition coefficient (Wildman–Crippen LogP) is 5.22. The molecule has 2 saturated heterocycles. The van der Waals surface area contributed by atoms with Crippen molar-refractivity contribution < 1.29 is 14.3 Å². The Morgan fingerprint density at radius 3 is 2.03 bits per heavy atom. The highest BCUT2D eigenvalue weighted by Crippen LogP contribution is 2.35. The molecule has 0 saturated carbocycles. The first-order chi connectivity index (χ1) is 16.6. The summed E-state index contributed by atoms with van der Waals surface area (Å²) in [6.45, 7) is 2.38. The van der Waals surface area contributed by atoms with Crippen molar-refractivity contribution >= 4 is 12.0 Å². The van der Waals surface area contributed by atoms with E-state index in [-0.39, 0.29) is 17.9 Å². The summed E-state index contributed by atoms with van der Waals surface area (Å²) in [5.41, 5.74) is 2.57. The van der Waals surface area contributed by atoms with Gasteiger partial charge in [-0.1, -0.05) is 91.0 Å². The first-order valence-electron chi connectivity index (χ1n) is 12.0. The number of nitrogens with zero attached hydrogens (tertiary/aromatic N) is 2. The highest BCUT2D eigenvalue weighted by Gasteiger charge is 2.46. The average Bonchev–Trinajstić information content (AvgIpc) is 3.03. The zero-order chi connectivity index (χ0) is 23.4. The van der Waals surface area contributed by atoms with Gasteiger partial charge in [0.15, 0.2) is 0 Å². The van der Waals surface area contributed by atoms with Gasteiger partial charge in [-0.25, -0.2) is 4.79 Å². The summed E-state index contributed by atoms with van der Waals surface area (Å²) in [6.07, 6.45) is 1.99. The summed E-state index contributed by atoms with van der Waals surface area (Å²) in [5, 5.41) is 0. The van der Waals surface area contributed by atoms with Gasteiger partial charge in [-0.15, -0.1) is 0 Å². The Labute approximate surface area is 201 Å². The molecule has 2 amide bonds. The quantitative estimate of drug-likeness (QED) is 0.531. The van der Waals surface area contributed by atoms with Crippen LogP contribution in [0.4, 0.5) is 4.79 Å². The van der Waals surface area contributed by atoms with Crippen LogP contribution in [-0.4, -0.2) is 47.0 Å². The highest BCUT2D eigenvalue weighted by atomic mass is 16.6. The van der Waals surface area contributed by atoms with Crippen molar-refractivity contribution in [2.45, 2.75) is 37.3 Å². The van der Waals surface area contributed by atoms with Crippen LogP contribution in [0.25, 0.3) is 0 Å². The van der Waals surface area contributed by atoms with E-state index in [0.29, 0.717) is 32.6 Å². The molecule has 174 valence electrons. The lowest BCUT2D eigenvalue weighted by Crippen LogP contribution is -2.39. The molecule has 5 rings (SSSR count). The Bertz CT molecular complexity index is 1080. The minimum atomic E-state index is -0.518. The van der Waals surface area contributed by atoms with E-state index in [1.165, 1.54) is 0 Å². The molecule has 1 spiro atoms. The number of benzene rings is 3. The second kappa shape index (κ2) is 9.72. The van der Waals surface area contributed by atoms with Crippen molar-refractivity contribution in [1.29, 1.82) is 0 Å². The highest BCUT2D eigenvalue weighted by molar-refractivity contribution is 5.87. The molecule has 0 N–H and O–H groups in total. The van der Waals surface area contributed by atoms with E-state index in [4.69, 9.17) is 4.74 Å². The third-order valence-electron chi connectivity index (χ3n) is 6.98. The normalized spacial score (nSPS) is 20.4. The molecule has 5 nitrogen and oxygen atoms in total. The van der Waals surface area contributed by atoms with E-state index < -0.39 is 5.60 Å². The lowest BCUT2D eigenvalue weighted by atomic mass is 9.90. The molecule has 5 heteroatoms. The van der Waals surface area contributed by atoms with Crippen LogP contribution in [0, 0.1) is 0 Å². The summed E-state index contributed by atoms with van der Waals surface area (Å²) in [6, 6.07) is 30.0. The van der Waals surface area contributed by atoms with Crippen molar-refractivity contribution in [3.05, 3.63) is 108 Å². The number of carbonyl (C=O) groups excluding carboxylic acids is 2. The molecular formula is C29H30N2O3. The Kier molecular flexibility index (Phi) is 6.35. The molecule has 1 atom stereocenters. The molecular weight excluding hydrogens is 424 g/mol. The first kappa shape index (κ1) is 22.2. The molecule has 34 heavy (non-hydrogen) atoms. The third kappa shape index (κ3) is 4.69. The molecule has 3 aromatic carbocycles. The number of ether oxygens (including phenoxy) is 1. The minimum absolute atomic E-state index is 0.111. The Morgan fingerprint density at radius 2 is 1.41 bits per heavy atom. The van der Waals surface area contributed by atoms with Crippen LogP contribution < -0.4 is 0 Å². The topological polar surface area (TPSA) is 49.9 Å². The molecule has 0 radical (unpaired) electrons. The monoisotopic (exact) mass is 454 g/mol. The van der Waals surface area contributed by atoms with Crippen molar-refractivity contribution in [2.75, 3.05) is 19.6 Å². The fourth-order valence-corrected chi connectivity index (χ4v) is 5.22. The van der Waals surface area contributed by atoms with E-state index in [1.807, 2.05) is 95.9 Å². The standard InChI is InChI=1S/C29H30N2O3/c32-27(26(24-13-6-2-7-14-24)25-15-8-3-9-16-25)30-19-10-17-29(18-20-30)22-31(28(33)34-29)21-23-11-4-1-5-12-23/h1-9,11-16,26H,10,17-22H2/t29-/m1/s1. The summed E-state index contributed by atoms with van der Waals surface area (Å²) in [7, 11) is 0. The lowest BCUT2D eigenvalue weighted by Gasteiger charge is -2.28. The molecule has 2 aliphatic rings. The van der Waals surface area contributed by atoms with Gasteiger partial charge in [0, 0.05) is 26.1 Å². The van der Waals surface area contributed by atoms with Crippen LogP contribution in [0.2, 0.25) is 0 Å². The van der Waals surface area contributed by atoms with Gasteiger partial charge in [-0.2, -0.15) is 0 Å². The number of likely N-dealkylation sites (tertiary alicyclic amines) is 1. The van der Waals surface area contributed by atoms with Gasteiger partial charge in [-0.05, 0) is 29.5 Å². The zero-order valence-electron chi connectivity index (χ0n) is 19.3. The lowest BCUT2D eigenvalue weighted by molar-refractivity contribution is -0.131. The molecule has 0 bridgehead atoms. The first-order valence-corrected chi connectivity index (χ1v) is 12.0. The number of hydrogen-bond donors (Lipinski definition) is 0. The number of hydrogen-bond acceptors (Lipinski definition) is 3. The molecule has 2 fully saturated rings. The fourth-order valence-electron chi connectivity index (χ4n) is 5.22. The largest absolute Gasteiger partial charge is 0.441 e. The van der Waals surface area contributed by atoms with Gasteiger partial charge in [0.25, 0.3) is 0 Å². The van der Waals surface area contributed by atoms with E-state index in [1.54, 1.807) is 4.90 Å². The van der Waals surface area contributed by atoms with Crippen molar-refractivity contribution in [3.63, 3.8) is 0 Å². The number of carbonyl (C=O) groups is 2. The van der Waals surface area contributed by atoms with Crippen molar-refractivity contribution in [1.82, 2.24) is 9.80 Å². The van der Waals surface area contributed by atoms with Gasteiger partial charge in [0.05, 0.1) is 12.5 Å². The summed E-state index contributed by atoms with van der Waals surface area (Å²) < 4.78 is 5.96. The summed E-state index contributed by atoms with van der Waals surface area (Å²) >= 11 is 0. The van der Waals surface area contributed by atoms with Crippen LogP contribution in [-0.2, 0) is 16.1 Å². The maximum Gasteiger partial charge on any atom is 0.410 e. The SMILES string of the molecule is O=C1O[C@@]2(CCCN(C(=O)C(c3ccccc3)c3ccccc3)CC2)CN1Cc1ccccc1. The van der Waals surface area contributed by atoms with Crippen LogP contribution in [0.3, 0.4) is 0 Å². The number of amides is 2.